The normalized spacial score (nSPS) is 31.2. The molecule has 0 bridgehead atoms. The molecule has 22 nitrogen and oxygen atoms in total. The van der Waals surface area contributed by atoms with E-state index in [0.29, 0.717) is 0 Å². The van der Waals surface area contributed by atoms with Crippen LogP contribution in [0.4, 0.5) is 0 Å². The van der Waals surface area contributed by atoms with Crippen LogP contribution in [0, 0.1) is 0 Å². The molecule has 11 atom stereocenters. The van der Waals surface area contributed by atoms with Gasteiger partial charge in [-0.3, -0.25) is 24.0 Å². The first-order chi connectivity index (χ1) is 21.2. The van der Waals surface area contributed by atoms with Gasteiger partial charge < -0.3 is 38.3 Å². The summed E-state index contributed by atoms with van der Waals surface area (Å²) in [5.41, 5.74) is 27.6. The van der Waals surface area contributed by atoms with Gasteiger partial charge in [-0.1, -0.05) is 15.3 Å². The molecule has 22 heteroatoms. The van der Waals surface area contributed by atoms with Crippen molar-refractivity contribution in [3.8, 4) is 0 Å². The third kappa shape index (κ3) is 10.1. The van der Waals surface area contributed by atoms with Crippen molar-refractivity contribution < 1.29 is 62.2 Å². The Morgan fingerprint density at radius 1 is 0.756 bits per heavy atom. The van der Waals surface area contributed by atoms with Crippen LogP contribution in [0.3, 0.4) is 0 Å². The van der Waals surface area contributed by atoms with Crippen molar-refractivity contribution in [1.29, 1.82) is 0 Å². The molecule has 2 rings (SSSR count). The summed E-state index contributed by atoms with van der Waals surface area (Å²) in [5, 5.41) is 21.9. The van der Waals surface area contributed by atoms with E-state index in [4.69, 9.17) is 38.7 Å². The van der Waals surface area contributed by atoms with E-state index >= 15 is 0 Å². The molecule has 0 aromatic heterocycles. The van der Waals surface area contributed by atoms with Crippen LogP contribution < -0.4 is 0 Å². The summed E-state index contributed by atoms with van der Waals surface area (Å²) in [5.74, 6) is -4.44. The maximum absolute atomic E-state index is 12.2. The van der Waals surface area contributed by atoms with Crippen LogP contribution in [0.5, 0.6) is 0 Å². The number of ether oxygens (including phenoxy) is 7. The lowest BCUT2D eigenvalue weighted by Crippen LogP contribution is -2.66. The van der Waals surface area contributed by atoms with E-state index in [9.17, 15) is 40.1 Å². The van der Waals surface area contributed by atoms with E-state index in [2.05, 4.69) is 30.1 Å². The van der Waals surface area contributed by atoms with E-state index in [1.165, 1.54) is 0 Å². The van der Waals surface area contributed by atoms with Crippen molar-refractivity contribution in [2.45, 2.75) is 108 Å². The van der Waals surface area contributed by atoms with Gasteiger partial charge >= 0.3 is 29.8 Å². The fourth-order valence-electron chi connectivity index (χ4n) is 4.89. The molecular formula is C23H31N9O13. The zero-order chi connectivity index (χ0) is 33.8. The number of carbonyl (C=O) groups excluding carboxylic acids is 5. The minimum absolute atomic E-state index is 0.303. The second kappa shape index (κ2) is 16.9. The number of aliphatic hydroxyl groups is 1. The van der Waals surface area contributed by atoms with Gasteiger partial charge in [-0.05, 0) is 23.0 Å². The quantitative estimate of drug-likeness (QED) is 0.103. The maximum Gasteiger partial charge on any atom is 0.303 e. The van der Waals surface area contributed by atoms with Gasteiger partial charge in [0.25, 0.3) is 0 Å². The largest absolute Gasteiger partial charge is 0.462 e. The van der Waals surface area contributed by atoms with Crippen molar-refractivity contribution in [2.24, 2.45) is 15.3 Å². The molecule has 246 valence electrons. The Balaban J connectivity index is 2.70. The van der Waals surface area contributed by atoms with Gasteiger partial charge in [0.05, 0.1) is 18.2 Å². The molecule has 45 heavy (non-hydrogen) atoms. The average Bonchev–Trinajstić information content (AvgIpc) is 2.93. The second-order valence-corrected chi connectivity index (χ2v) is 9.71. The average molecular weight is 642 g/mol. The van der Waals surface area contributed by atoms with Gasteiger partial charge in [-0.2, -0.15) is 0 Å². The molecule has 1 saturated heterocycles. The fourth-order valence-corrected chi connectivity index (χ4v) is 4.89. The van der Waals surface area contributed by atoms with Crippen molar-refractivity contribution in [3.63, 3.8) is 0 Å². The van der Waals surface area contributed by atoms with Gasteiger partial charge in [0.15, 0.2) is 24.6 Å². The van der Waals surface area contributed by atoms with E-state index in [1.54, 1.807) is 0 Å². The van der Waals surface area contributed by atoms with Gasteiger partial charge in [-0.25, -0.2) is 0 Å². The van der Waals surface area contributed by atoms with E-state index in [0.717, 1.165) is 34.6 Å². The smallest absolute Gasteiger partial charge is 0.303 e. The lowest BCUT2D eigenvalue weighted by molar-refractivity contribution is -0.308. The summed E-state index contributed by atoms with van der Waals surface area (Å²) in [6, 6.07) is -4.21. The van der Waals surface area contributed by atoms with Crippen LogP contribution in [0.15, 0.2) is 15.3 Å². The van der Waals surface area contributed by atoms with Crippen LogP contribution in [-0.2, 0) is 57.1 Å². The van der Waals surface area contributed by atoms with Crippen LogP contribution in [-0.4, -0.2) is 109 Å². The SMILES string of the molecule is CC(=O)OC[C@@H](OC(C)=O)C1O[C@H](O[C@@H]2C(N=[N+]=[N-])CC(N=[N+]=[N-])C(OC(C)=O)C2O)C(N=[N+]=[N-])C(OC(C)=O)[C@@H]1OC(C)=O. The van der Waals surface area contributed by atoms with E-state index in [-0.39, 0.29) is 6.42 Å². The molecule has 0 spiro atoms. The van der Waals surface area contributed by atoms with E-state index in [1.807, 2.05) is 0 Å². The summed E-state index contributed by atoms with van der Waals surface area (Å²) < 4.78 is 38.1. The highest BCUT2D eigenvalue weighted by molar-refractivity contribution is 5.68. The maximum atomic E-state index is 12.2. The molecular weight excluding hydrogens is 610 g/mol. The van der Waals surface area contributed by atoms with Crippen molar-refractivity contribution in [2.75, 3.05) is 6.61 Å². The Bertz CT molecular complexity index is 1280. The van der Waals surface area contributed by atoms with Crippen LogP contribution >= 0.6 is 0 Å². The molecule has 2 aliphatic rings. The molecule has 0 radical (unpaired) electrons. The molecule has 0 aromatic carbocycles. The topological polar surface area (TPSA) is 316 Å². The van der Waals surface area contributed by atoms with Gasteiger partial charge in [0, 0.05) is 49.4 Å². The number of hydrogen-bond acceptors (Lipinski definition) is 16. The second-order valence-electron chi connectivity index (χ2n) is 9.71. The molecule has 1 N–H and O–H groups in total. The molecule has 7 unspecified atom stereocenters. The predicted octanol–water partition coefficient (Wildman–Crippen LogP) is 1.19. The summed E-state index contributed by atoms with van der Waals surface area (Å²) in [6.07, 6.45) is -13.7. The molecule has 1 aliphatic carbocycles. The Labute approximate surface area is 254 Å². The van der Waals surface area contributed by atoms with Crippen molar-refractivity contribution in [1.82, 2.24) is 0 Å². The number of carbonyl (C=O) groups is 5. The summed E-state index contributed by atoms with van der Waals surface area (Å²) in [4.78, 5) is 67.8. The Hall–Kier alpha value is -4.84. The molecule has 0 amide bonds. The minimum Gasteiger partial charge on any atom is -0.462 e. The monoisotopic (exact) mass is 641 g/mol. The Morgan fingerprint density at radius 3 is 1.76 bits per heavy atom. The van der Waals surface area contributed by atoms with Gasteiger partial charge in [-0.15, -0.1) is 0 Å². The molecule has 2 fully saturated rings. The predicted molar refractivity (Wildman–Crippen MR) is 142 cm³/mol. The zero-order valence-electron chi connectivity index (χ0n) is 24.6. The first-order valence-electron chi connectivity index (χ1n) is 13.2. The summed E-state index contributed by atoms with van der Waals surface area (Å²) >= 11 is 0. The zero-order valence-corrected chi connectivity index (χ0v) is 24.6. The fraction of sp³-hybridized carbons (Fsp3) is 0.783. The highest BCUT2D eigenvalue weighted by Gasteiger charge is 2.56. The molecule has 0 aromatic rings. The van der Waals surface area contributed by atoms with Crippen LogP contribution in [0.25, 0.3) is 31.3 Å². The number of esters is 5. The molecule has 1 aliphatic heterocycles. The van der Waals surface area contributed by atoms with Crippen LogP contribution in [0.1, 0.15) is 41.0 Å². The standard InChI is InChI=1S/C23H31N9O13/c1-8(33)39-7-15(40-9(2)34)20-22(43-12(5)37)21(42-11(4)36)16(29-32-26)23(45-20)44-19-14(28-31-25)6-13(27-30-24)18(17(19)38)41-10(3)35/h13-23,38H,6-7H2,1-5H3/t13?,14?,15-,16?,17?,18?,19-,20?,21?,22-,23+/m1/s1. The van der Waals surface area contributed by atoms with Crippen molar-refractivity contribution in [3.05, 3.63) is 31.3 Å². The minimum atomic E-state index is -1.86. The molecule has 1 heterocycles. The van der Waals surface area contributed by atoms with E-state index < -0.39 is 104 Å². The molecule has 1 saturated carbocycles. The van der Waals surface area contributed by atoms with Crippen LogP contribution in [0.2, 0.25) is 0 Å². The summed E-state index contributed by atoms with van der Waals surface area (Å²) in [6.45, 7) is 4.44. The first kappa shape index (κ1) is 36.4. The highest BCUT2D eigenvalue weighted by Crippen LogP contribution is 2.36. The highest BCUT2D eigenvalue weighted by atomic mass is 16.7. The lowest BCUT2D eigenvalue weighted by atomic mass is 9.84. The number of rotatable bonds is 12. The summed E-state index contributed by atoms with van der Waals surface area (Å²) in [7, 11) is 0. The third-order valence-corrected chi connectivity index (χ3v) is 6.39. The van der Waals surface area contributed by atoms with Gasteiger partial charge in [0.1, 0.15) is 31.0 Å². The number of hydrogen-bond donors (Lipinski definition) is 1. The number of aliphatic hydroxyl groups excluding tert-OH is 1. The Kier molecular flexibility index (Phi) is 13.6. The van der Waals surface area contributed by atoms with Gasteiger partial charge in [0.2, 0.25) is 0 Å². The first-order valence-corrected chi connectivity index (χ1v) is 13.2. The Morgan fingerprint density at radius 2 is 1.27 bits per heavy atom. The third-order valence-electron chi connectivity index (χ3n) is 6.39. The number of azide groups is 3. The number of nitrogens with zero attached hydrogens (tertiary/aromatic N) is 9. The lowest BCUT2D eigenvalue weighted by Gasteiger charge is -2.48. The van der Waals surface area contributed by atoms with Crippen molar-refractivity contribution >= 4 is 29.8 Å².